The molecular formula is C18H15F3N2O5. The summed E-state index contributed by atoms with van der Waals surface area (Å²) in [6.07, 6.45) is 0. The number of hydrogen-bond acceptors (Lipinski definition) is 5. The first-order chi connectivity index (χ1) is 13.3. The van der Waals surface area contributed by atoms with E-state index < -0.39 is 55.0 Å². The maximum absolute atomic E-state index is 13.0. The van der Waals surface area contributed by atoms with Gasteiger partial charge < -0.3 is 20.1 Å². The zero-order valence-corrected chi connectivity index (χ0v) is 14.3. The molecule has 0 spiro atoms. The number of benzene rings is 2. The predicted octanol–water partition coefficient (Wildman–Crippen LogP) is 1.78. The van der Waals surface area contributed by atoms with Crippen molar-refractivity contribution in [1.29, 1.82) is 0 Å². The third kappa shape index (κ3) is 6.98. The van der Waals surface area contributed by atoms with Crippen molar-refractivity contribution in [2.45, 2.75) is 0 Å². The number of esters is 1. The van der Waals surface area contributed by atoms with Crippen LogP contribution in [0.1, 0.15) is 0 Å². The summed E-state index contributed by atoms with van der Waals surface area (Å²) in [5.74, 6) is -4.93. The molecule has 0 saturated carbocycles. The lowest BCUT2D eigenvalue weighted by Crippen LogP contribution is -2.36. The quantitative estimate of drug-likeness (QED) is 0.664. The number of anilines is 1. The normalized spacial score (nSPS) is 10.1. The predicted molar refractivity (Wildman–Crippen MR) is 90.9 cm³/mol. The van der Waals surface area contributed by atoms with Gasteiger partial charge in [-0.3, -0.25) is 9.59 Å². The van der Waals surface area contributed by atoms with Crippen LogP contribution in [-0.2, 0) is 19.1 Å². The average Bonchev–Trinajstić information content (AvgIpc) is 2.66. The Bertz CT molecular complexity index is 876. The third-order valence-corrected chi connectivity index (χ3v) is 3.17. The Hall–Kier alpha value is -3.56. The molecule has 2 N–H and O–H groups in total. The van der Waals surface area contributed by atoms with E-state index in [0.29, 0.717) is 0 Å². The average molecular weight is 396 g/mol. The zero-order valence-electron chi connectivity index (χ0n) is 14.3. The van der Waals surface area contributed by atoms with Gasteiger partial charge in [0.1, 0.15) is 11.6 Å². The van der Waals surface area contributed by atoms with Crippen molar-refractivity contribution in [2.24, 2.45) is 0 Å². The smallest absolute Gasteiger partial charge is 0.344 e. The number of nitrogens with one attached hydrogen (secondary N) is 2. The molecule has 7 nitrogen and oxygen atoms in total. The van der Waals surface area contributed by atoms with E-state index in [-0.39, 0.29) is 11.4 Å². The van der Waals surface area contributed by atoms with Gasteiger partial charge >= 0.3 is 5.97 Å². The highest BCUT2D eigenvalue weighted by molar-refractivity contribution is 5.94. The molecule has 0 unspecified atom stereocenters. The number of rotatable bonds is 8. The summed E-state index contributed by atoms with van der Waals surface area (Å²) in [6, 6.07) is 7.90. The number of ether oxygens (including phenoxy) is 2. The molecule has 28 heavy (non-hydrogen) atoms. The SMILES string of the molecule is O=C(COC(=O)COc1cccc(F)c1)NCC(=O)Nc1ccc(F)c(F)c1. The third-order valence-electron chi connectivity index (χ3n) is 3.17. The fourth-order valence-corrected chi connectivity index (χ4v) is 1.90. The minimum Gasteiger partial charge on any atom is -0.482 e. The summed E-state index contributed by atoms with van der Waals surface area (Å²) in [6.45, 7) is -1.67. The number of amides is 2. The highest BCUT2D eigenvalue weighted by Gasteiger charge is 2.11. The van der Waals surface area contributed by atoms with Crippen LogP contribution in [0.2, 0.25) is 0 Å². The first-order valence-corrected chi connectivity index (χ1v) is 7.89. The Morgan fingerprint density at radius 1 is 0.893 bits per heavy atom. The van der Waals surface area contributed by atoms with Crippen LogP contribution in [0, 0.1) is 17.5 Å². The summed E-state index contributed by atoms with van der Waals surface area (Å²) in [5, 5.41) is 4.43. The van der Waals surface area contributed by atoms with Gasteiger partial charge in [0.15, 0.2) is 24.8 Å². The monoisotopic (exact) mass is 396 g/mol. The lowest BCUT2D eigenvalue weighted by Gasteiger charge is -2.09. The van der Waals surface area contributed by atoms with E-state index in [1.54, 1.807) is 0 Å². The minimum atomic E-state index is -1.13. The van der Waals surface area contributed by atoms with Crippen molar-refractivity contribution < 1.29 is 37.0 Å². The van der Waals surface area contributed by atoms with Gasteiger partial charge in [-0.1, -0.05) is 6.07 Å². The van der Waals surface area contributed by atoms with Gasteiger partial charge in [0.2, 0.25) is 5.91 Å². The number of carbonyl (C=O) groups is 3. The van der Waals surface area contributed by atoms with E-state index in [4.69, 9.17) is 4.74 Å². The molecule has 2 rings (SSSR count). The molecule has 0 bridgehead atoms. The van der Waals surface area contributed by atoms with Crippen LogP contribution in [0.25, 0.3) is 0 Å². The lowest BCUT2D eigenvalue weighted by atomic mass is 10.3. The minimum absolute atomic E-state index is 0.0130. The second-order valence-corrected chi connectivity index (χ2v) is 5.36. The Balaban J connectivity index is 1.65. The van der Waals surface area contributed by atoms with Crippen molar-refractivity contribution in [2.75, 3.05) is 25.1 Å². The number of carbonyl (C=O) groups excluding carboxylic acids is 3. The molecule has 0 radical (unpaired) electrons. The highest BCUT2D eigenvalue weighted by atomic mass is 19.2. The molecule has 0 aliphatic heterocycles. The molecule has 0 aliphatic carbocycles. The maximum Gasteiger partial charge on any atom is 0.344 e. The Morgan fingerprint density at radius 3 is 2.39 bits per heavy atom. The zero-order chi connectivity index (χ0) is 20.5. The molecule has 0 fully saturated rings. The Labute approximate surface area is 157 Å². The fraction of sp³-hybridized carbons (Fsp3) is 0.167. The first kappa shape index (κ1) is 20.7. The molecule has 0 atom stereocenters. The van der Waals surface area contributed by atoms with Crippen molar-refractivity contribution in [3.63, 3.8) is 0 Å². The molecule has 2 aromatic carbocycles. The summed E-state index contributed by atoms with van der Waals surface area (Å²) >= 11 is 0. The fourth-order valence-electron chi connectivity index (χ4n) is 1.90. The first-order valence-electron chi connectivity index (χ1n) is 7.89. The summed E-state index contributed by atoms with van der Waals surface area (Å²) in [7, 11) is 0. The van der Waals surface area contributed by atoms with Crippen molar-refractivity contribution in [3.05, 3.63) is 59.9 Å². The van der Waals surface area contributed by atoms with Crippen LogP contribution in [0.15, 0.2) is 42.5 Å². The second-order valence-electron chi connectivity index (χ2n) is 5.36. The van der Waals surface area contributed by atoms with Crippen molar-refractivity contribution >= 4 is 23.5 Å². The van der Waals surface area contributed by atoms with Gasteiger partial charge in [-0.15, -0.1) is 0 Å². The van der Waals surface area contributed by atoms with Gasteiger partial charge in [-0.2, -0.15) is 0 Å². The molecule has 10 heteroatoms. The van der Waals surface area contributed by atoms with E-state index in [0.717, 1.165) is 24.3 Å². The standard InChI is InChI=1S/C18H15F3N2O5/c19-11-2-1-3-13(6-11)27-10-18(26)28-9-17(25)22-8-16(24)23-12-4-5-14(20)15(21)7-12/h1-7H,8-10H2,(H,22,25)(H,23,24). The molecular weight excluding hydrogens is 381 g/mol. The van der Waals surface area contributed by atoms with Gasteiger partial charge in [-0.05, 0) is 24.3 Å². The molecule has 0 saturated heterocycles. The summed E-state index contributed by atoms with van der Waals surface area (Å²) in [4.78, 5) is 34.7. The summed E-state index contributed by atoms with van der Waals surface area (Å²) < 4.78 is 48.4. The van der Waals surface area contributed by atoms with Crippen LogP contribution in [0.5, 0.6) is 5.75 Å². The Kier molecular flexibility index (Phi) is 7.37. The molecule has 2 amide bonds. The van der Waals surface area contributed by atoms with Crippen LogP contribution in [-0.4, -0.2) is 37.5 Å². The van der Waals surface area contributed by atoms with Gasteiger partial charge in [0.25, 0.3) is 5.91 Å². The van der Waals surface area contributed by atoms with Crippen LogP contribution >= 0.6 is 0 Å². The molecule has 0 aliphatic rings. The largest absolute Gasteiger partial charge is 0.482 e. The molecule has 148 valence electrons. The van der Waals surface area contributed by atoms with Crippen LogP contribution in [0.3, 0.4) is 0 Å². The van der Waals surface area contributed by atoms with Crippen molar-refractivity contribution in [3.8, 4) is 5.75 Å². The highest BCUT2D eigenvalue weighted by Crippen LogP contribution is 2.13. The van der Waals surface area contributed by atoms with E-state index in [9.17, 15) is 27.6 Å². The topological polar surface area (TPSA) is 93.7 Å². The van der Waals surface area contributed by atoms with Gasteiger partial charge in [-0.25, -0.2) is 18.0 Å². The number of halogens is 3. The van der Waals surface area contributed by atoms with E-state index in [1.807, 2.05) is 0 Å². The summed E-state index contributed by atoms with van der Waals surface area (Å²) in [5.41, 5.74) is 0.0130. The van der Waals surface area contributed by atoms with Crippen LogP contribution < -0.4 is 15.4 Å². The van der Waals surface area contributed by atoms with E-state index in [1.165, 1.54) is 18.2 Å². The molecule has 0 heterocycles. The molecule has 2 aromatic rings. The lowest BCUT2D eigenvalue weighted by molar-refractivity contribution is -0.150. The van der Waals surface area contributed by atoms with E-state index in [2.05, 4.69) is 15.4 Å². The number of hydrogen-bond donors (Lipinski definition) is 2. The Morgan fingerprint density at radius 2 is 1.68 bits per heavy atom. The van der Waals surface area contributed by atoms with Crippen molar-refractivity contribution in [1.82, 2.24) is 5.32 Å². The van der Waals surface area contributed by atoms with Crippen LogP contribution in [0.4, 0.5) is 18.9 Å². The maximum atomic E-state index is 13.0. The second kappa shape index (κ2) is 9.95. The van der Waals surface area contributed by atoms with Gasteiger partial charge in [0, 0.05) is 17.8 Å². The molecule has 0 aromatic heterocycles. The van der Waals surface area contributed by atoms with E-state index >= 15 is 0 Å². The van der Waals surface area contributed by atoms with Gasteiger partial charge in [0.05, 0.1) is 6.54 Å².